The molecule has 1 aliphatic heterocycles. The third kappa shape index (κ3) is 3.17. The summed E-state index contributed by atoms with van der Waals surface area (Å²) in [6, 6.07) is 14.9. The monoisotopic (exact) mass is 282 g/mol. The molecule has 0 amide bonds. The number of hydrazone groups is 1. The van der Waals surface area contributed by atoms with E-state index < -0.39 is 0 Å². The zero-order valence-corrected chi connectivity index (χ0v) is 11.5. The molecule has 0 bridgehead atoms. The van der Waals surface area contributed by atoms with Gasteiger partial charge in [0.05, 0.1) is 7.11 Å². The average Bonchev–Trinajstić information content (AvgIpc) is 2.56. The third-order valence-corrected chi connectivity index (χ3v) is 2.79. The van der Waals surface area contributed by atoms with Gasteiger partial charge in [0.25, 0.3) is 0 Å². The number of para-hydroxylation sites is 1. The van der Waals surface area contributed by atoms with Gasteiger partial charge in [-0.05, 0) is 18.2 Å². The molecule has 1 aliphatic rings. The summed E-state index contributed by atoms with van der Waals surface area (Å²) in [4.78, 5) is 8.69. The molecule has 106 valence electrons. The fraction of sp³-hybridized carbons (Fsp3) is 0.133. The summed E-state index contributed by atoms with van der Waals surface area (Å²) in [5.74, 6) is 2.25. The smallest absolute Gasteiger partial charge is 0.217 e. The van der Waals surface area contributed by atoms with Crippen LogP contribution in [0.1, 0.15) is 5.69 Å². The van der Waals surface area contributed by atoms with Gasteiger partial charge in [-0.3, -0.25) is 5.43 Å². The highest BCUT2D eigenvalue weighted by molar-refractivity contribution is 6.06. The van der Waals surface area contributed by atoms with E-state index in [9.17, 15) is 0 Å². The Morgan fingerprint density at radius 2 is 1.90 bits per heavy atom. The number of aromatic nitrogens is 1. The van der Waals surface area contributed by atoms with Crippen molar-refractivity contribution in [2.75, 3.05) is 13.7 Å². The minimum absolute atomic E-state index is 0.433. The van der Waals surface area contributed by atoms with E-state index in [1.54, 1.807) is 13.2 Å². The molecule has 3 rings (SSSR count). The Balaban J connectivity index is 1.82. The molecule has 2 aromatic rings. The molecular formula is C15H14N4O2. The van der Waals surface area contributed by atoms with Gasteiger partial charge in [0.15, 0.2) is 0 Å². The second-order valence-corrected chi connectivity index (χ2v) is 4.26. The van der Waals surface area contributed by atoms with E-state index in [2.05, 4.69) is 20.5 Å². The van der Waals surface area contributed by atoms with E-state index in [4.69, 9.17) is 9.47 Å². The first-order valence-electron chi connectivity index (χ1n) is 6.47. The Hall–Kier alpha value is -2.89. The topological polar surface area (TPSA) is 68.1 Å². The lowest BCUT2D eigenvalue weighted by Gasteiger charge is -2.14. The maximum atomic E-state index is 5.71. The van der Waals surface area contributed by atoms with Crippen LogP contribution in [-0.4, -0.2) is 30.4 Å². The first kappa shape index (κ1) is 13.1. The van der Waals surface area contributed by atoms with Gasteiger partial charge in [-0.25, -0.2) is 4.98 Å². The summed E-state index contributed by atoms with van der Waals surface area (Å²) < 4.78 is 10.8. The Labute approximate surface area is 122 Å². The van der Waals surface area contributed by atoms with Crippen LogP contribution in [0.4, 0.5) is 0 Å². The van der Waals surface area contributed by atoms with Crippen LogP contribution in [0.2, 0.25) is 0 Å². The van der Waals surface area contributed by atoms with E-state index in [0.29, 0.717) is 29.9 Å². The lowest BCUT2D eigenvalue weighted by atomic mass is 10.3. The fourth-order valence-electron chi connectivity index (χ4n) is 1.82. The van der Waals surface area contributed by atoms with E-state index in [0.717, 1.165) is 5.75 Å². The molecule has 6 heteroatoms. The van der Waals surface area contributed by atoms with Crippen LogP contribution < -0.4 is 14.9 Å². The zero-order valence-electron chi connectivity index (χ0n) is 11.5. The first-order chi connectivity index (χ1) is 10.3. The number of hydrogen-bond donors (Lipinski definition) is 1. The summed E-state index contributed by atoms with van der Waals surface area (Å²) in [7, 11) is 1.57. The highest BCUT2D eigenvalue weighted by Crippen LogP contribution is 2.12. The van der Waals surface area contributed by atoms with Gasteiger partial charge in [-0.15, -0.1) is 0 Å². The van der Waals surface area contributed by atoms with Gasteiger partial charge in [-0.2, -0.15) is 10.1 Å². The maximum Gasteiger partial charge on any atom is 0.217 e. The number of amidine groups is 1. The number of hydrogen-bond acceptors (Lipinski definition) is 6. The standard InChI is InChI=1S/C15H14N4O2/c1-20-13-9-5-8-12(17-13)15-18-14(10-16-19-15)21-11-6-3-2-4-7-11/h2-9,16H,10H2,1H3. The van der Waals surface area contributed by atoms with Gasteiger partial charge in [0, 0.05) is 6.07 Å². The van der Waals surface area contributed by atoms with Crippen LogP contribution in [-0.2, 0) is 0 Å². The number of methoxy groups -OCH3 is 1. The van der Waals surface area contributed by atoms with E-state index in [1.165, 1.54) is 0 Å². The molecular weight excluding hydrogens is 268 g/mol. The molecule has 0 unspecified atom stereocenters. The number of rotatable bonds is 3. The van der Waals surface area contributed by atoms with Crippen molar-refractivity contribution < 1.29 is 9.47 Å². The van der Waals surface area contributed by atoms with Gasteiger partial charge in [0.2, 0.25) is 17.6 Å². The Morgan fingerprint density at radius 3 is 2.71 bits per heavy atom. The van der Waals surface area contributed by atoms with Crippen LogP contribution >= 0.6 is 0 Å². The van der Waals surface area contributed by atoms with Crippen molar-refractivity contribution in [2.24, 2.45) is 10.1 Å². The highest BCUT2D eigenvalue weighted by Gasteiger charge is 2.13. The zero-order chi connectivity index (χ0) is 14.5. The van der Waals surface area contributed by atoms with E-state index >= 15 is 0 Å². The average molecular weight is 282 g/mol. The number of ether oxygens (including phenoxy) is 2. The summed E-state index contributed by atoms with van der Waals surface area (Å²) >= 11 is 0. The number of benzene rings is 1. The van der Waals surface area contributed by atoms with Crippen molar-refractivity contribution in [3.63, 3.8) is 0 Å². The normalized spacial score (nSPS) is 13.8. The SMILES string of the molecule is COc1cccc(C2=NNCC(Oc3ccccc3)=N2)n1. The largest absolute Gasteiger partial charge is 0.481 e. The van der Waals surface area contributed by atoms with E-state index in [1.807, 2.05) is 42.5 Å². The first-order valence-corrected chi connectivity index (χ1v) is 6.47. The van der Waals surface area contributed by atoms with Crippen molar-refractivity contribution in [1.82, 2.24) is 10.4 Å². The minimum atomic E-state index is 0.433. The van der Waals surface area contributed by atoms with Crippen LogP contribution in [0.5, 0.6) is 11.6 Å². The van der Waals surface area contributed by atoms with Crippen LogP contribution in [0, 0.1) is 0 Å². The second-order valence-electron chi connectivity index (χ2n) is 4.26. The Morgan fingerprint density at radius 1 is 1.05 bits per heavy atom. The van der Waals surface area contributed by atoms with Crippen molar-refractivity contribution in [3.05, 3.63) is 54.2 Å². The molecule has 0 spiro atoms. The number of aliphatic imine (C=N–C) groups is 1. The molecule has 0 fully saturated rings. The molecule has 0 atom stereocenters. The molecule has 21 heavy (non-hydrogen) atoms. The minimum Gasteiger partial charge on any atom is -0.481 e. The summed E-state index contributed by atoms with van der Waals surface area (Å²) in [5.41, 5.74) is 3.51. The second kappa shape index (κ2) is 6.04. The molecule has 1 N–H and O–H groups in total. The third-order valence-electron chi connectivity index (χ3n) is 2.79. The van der Waals surface area contributed by atoms with Crippen LogP contribution in [0.25, 0.3) is 0 Å². The lowest BCUT2D eigenvalue weighted by Crippen LogP contribution is -2.30. The molecule has 0 aliphatic carbocycles. The highest BCUT2D eigenvalue weighted by atomic mass is 16.5. The van der Waals surface area contributed by atoms with Gasteiger partial charge >= 0.3 is 0 Å². The summed E-state index contributed by atoms with van der Waals surface area (Å²) in [6.07, 6.45) is 0. The maximum absolute atomic E-state index is 5.71. The Bertz CT molecular complexity index is 683. The Kier molecular flexibility index (Phi) is 3.77. The van der Waals surface area contributed by atoms with Crippen LogP contribution in [0.15, 0.2) is 58.6 Å². The quantitative estimate of drug-likeness (QED) is 0.932. The fourth-order valence-corrected chi connectivity index (χ4v) is 1.82. The van der Waals surface area contributed by atoms with Crippen LogP contribution in [0.3, 0.4) is 0 Å². The molecule has 0 saturated carbocycles. The molecule has 0 saturated heterocycles. The molecule has 2 heterocycles. The molecule has 6 nitrogen and oxygen atoms in total. The van der Waals surface area contributed by atoms with Gasteiger partial charge in [-0.1, -0.05) is 24.3 Å². The predicted molar refractivity (Wildman–Crippen MR) is 79.8 cm³/mol. The predicted octanol–water partition coefficient (Wildman–Crippen LogP) is 1.83. The summed E-state index contributed by atoms with van der Waals surface area (Å²) in [6.45, 7) is 0.433. The van der Waals surface area contributed by atoms with Gasteiger partial charge in [0.1, 0.15) is 18.0 Å². The van der Waals surface area contributed by atoms with Gasteiger partial charge < -0.3 is 9.47 Å². The molecule has 0 radical (unpaired) electrons. The number of nitrogens with one attached hydrogen (secondary N) is 1. The number of pyridine rings is 1. The summed E-state index contributed by atoms with van der Waals surface area (Å²) in [5, 5.41) is 4.15. The van der Waals surface area contributed by atoms with Crippen molar-refractivity contribution in [2.45, 2.75) is 0 Å². The van der Waals surface area contributed by atoms with Crippen molar-refractivity contribution in [3.8, 4) is 11.6 Å². The lowest BCUT2D eigenvalue weighted by molar-refractivity contribution is 0.397. The molecule has 1 aromatic heterocycles. The number of nitrogens with zero attached hydrogens (tertiary/aromatic N) is 3. The van der Waals surface area contributed by atoms with Crippen molar-refractivity contribution in [1.29, 1.82) is 0 Å². The van der Waals surface area contributed by atoms with Crippen molar-refractivity contribution >= 4 is 11.7 Å². The molecule has 1 aromatic carbocycles. The van der Waals surface area contributed by atoms with E-state index in [-0.39, 0.29) is 0 Å².